The highest BCUT2D eigenvalue weighted by molar-refractivity contribution is 5.78. The molecule has 0 fully saturated rings. The van der Waals surface area contributed by atoms with Crippen molar-refractivity contribution in [3.05, 3.63) is 34.9 Å². The van der Waals surface area contributed by atoms with Crippen molar-refractivity contribution in [1.82, 2.24) is 9.55 Å². The van der Waals surface area contributed by atoms with Gasteiger partial charge in [0.05, 0.1) is 10.9 Å². The van der Waals surface area contributed by atoms with Gasteiger partial charge in [0.2, 0.25) is 0 Å². The number of pyridine rings is 1. The zero-order valence-electron chi connectivity index (χ0n) is 7.28. The van der Waals surface area contributed by atoms with E-state index in [2.05, 4.69) is 4.98 Å². The molecular formula is C9H10N2O2. The van der Waals surface area contributed by atoms with E-state index in [4.69, 9.17) is 4.74 Å². The van der Waals surface area contributed by atoms with Crippen LogP contribution in [0.4, 0.5) is 0 Å². The highest BCUT2D eigenvalue weighted by Crippen LogP contribution is 2.09. The lowest BCUT2D eigenvalue weighted by Gasteiger charge is -2.01. The van der Waals surface area contributed by atoms with Crippen LogP contribution in [0.3, 0.4) is 0 Å². The number of hydrogen-bond acceptors (Lipinski definition) is 2. The zero-order chi connectivity index (χ0) is 9.26. The van der Waals surface area contributed by atoms with Crippen molar-refractivity contribution >= 4 is 10.9 Å². The summed E-state index contributed by atoms with van der Waals surface area (Å²) in [6.45, 7) is 0.465. The highest BCUT2D eigenvalue weighted by Gasteiger charge is 2.01. The first-order valence-electron chi connectivity index (χ1n) is 3.98. The molecule has 0 radical (unpaired) electrons. The Morgan fingerprint density at radius 3 is 3.15 bits per heavy atom. The third kappa shape index (κ3) is 1.25. The van der Waals surface area contributed by atoms with Gasteiger partial charge in [-0.3, -0.25) is 4.79 Å². The number of nitrogens with one attached hydrogen (secondary N) is 1. The minimum Gasteiger partial charge on any atom is -0.364 e. The Labute approximate surface area is 74.8 Å². The van der Waals surface area contributed by atoms with Gasteiger partial charge >= 0.3 is 0 Å². The molecule has 0 bridgehead atoms. The molecule has 13 heavy (non-hydrogen) atoms. The summed E-state index contributed by atoms with van der Waals surface area (Å²) in [5.74, 6) is 0. The molecule has 0 aliphatic heterocycles. The molecule has 0 saturated heterocycles. The Bertz CT molecular complexity index is 470. The predicted octanol–water partition coefficient (Wildman–Crippen LogP) is 0.933. The number of hydrogen-bond donors (Lipinski definition) is 1. The molecule has 0 amide bonds. The molecule has 2 aromatic heterocycles. The number of fused-ring (bicyclic) bond motifs is 1. The summed E-state index contributed by atoms with van der Waals surface area (Å²) in [4.78, 5) is 13.9. The Morgan fingerprint density at radius 1 is 1.54 bits per heavy atom. The normalized spacial score (nSPS) is 10.8. The van der Waals surface area contributed by atoms with Crippen molar-refractivity contribution in [2.75, 3.05) is 7.11 Å². The number of aromatic amines is 1. The summed E-state index contributed by atoms with van der Waals surface area (Å²) < 4.78 is 6.86. The van der Waals surface area contributed by atoms with Gasteiger partial charge in [0.15, 0.2) is 0 Å². The van der Waals surface area contributed by atoms with Gasteiger partial charge in [-0.2, -0.15) is 0 Å². The summed E-state index contributed by atoms with van der Waals surface area (Å²) in [6.07, 6.45) is 3.47. The van der Waals surface area contributed by atoms with Crippen LogP contribution < -0.4 is 5.56 Å². The second-order valence-electron chi connectivity index (χ2n) is 2.81. The average Bonchev–Trinajstić information content (AvgIpc) is 2.51. The maximum Gasteiger partial charge on any atom is 0.257 e. The first kappa shape index (κ1) is 8.07. The highest BCUT2D eigenvalue weighted by atomic mass is 16.5. The molecule has 2 rings (SSSR count). The van der Waals surface area contributed by atoms with Gasteiger partial charge in [-0.1, -0.05) is 0 Å². The zero-order valence-corrected chi connectivity index (χ0v) is 7.28. The predicted molar refractivity (Wildman–Crippen MR) is 49.6 cm³/mol. The van der Waals surface area contributed by atoms with Crippen molar-refractivity contribution in [1.29, 1.82) is 0 Å². The molecule has 1 N–H and O–H groups in total. The maximum atomic E-state index is 11.3. The molecule has 68 valence electrons. The Balaban J connectivity index is 2.68. The monoisotopic (exact) mass is 178 g/mol. The lowest BCUT2D eigenvalue weighted by molar-refractivity contribution is 0.135. The Kier molecular flexibility index (Phi) is 1.90. The molecule has 0 aliphatic carbocycles. The third-order valence-corrected chi connectivity index (χ3v) is 1.97. The van der Waals surface area contributed by atoms with E-state index in [0.29, 0.717) is 12.1 Å². The van der Waals surface area contributed by atoms with Crippen molar-refractivity contribution in [3.8, 4) is 0 Å². The van der Waals surface area contributed by atoms with Crippen LogP contribution in [-0.4, -0.2) is 16.7 Å². The van der Waals surface area contributed by atoms with Crippen molar-refractivity contribution < 1.29 is 4.74 Å². The molecule has 0 saturated carbocycles. The summed E-state index contributed by atoms with van der Waals surface area (Å²) in [7, 11) is 1.62. The van der Waals surface area contributed by atoms with Crippen LogP contribution in [0.2, 0.25) is 0 Å². The number of ether oxygens (including phenoxy) is 1. The molecule has 0 atom stereocenters. The minimum absolute atomic E-state index is 0.0626. The van der Waals surface area contributed by atoms with Crippen molar-refractivity contribution in [3.63, 3.8) is 0 Å². The first-order chi connectivity index (χ1) is 6.33. The first-order valence-corrected chi connectivity index (χ1v) is 3.98. The minimum atomic E-state index is -0.0626. The fourth-order valence-corrected chi connectivity index (χ4v) is 1.39. The van der Waals surface area contributed by atoms with E-state index in [1.807, 2.05) is 16.8 Å². The number of rotatable bonds is 2. The van der Waals surface area contributed by atoms with Crippen LogP contribution in [0.5, 0.6) is 0 Å². The standard InChI is InChI=1S/C9H10N2O2/c1-13-6-11-5-3-7-8(11)2-4-10-9(7)12/h2-5H,6H2,1H3,(H,10,12). The second kappa shape index (κ2) is 3.06. The summed E-state index contributed by atoms with van der Waals surface area (Å²) >= 11 is 0. The van der Waals surface area contributed by atoms with Crippen LogP contribution in [-0.2, 0) is 11.5 Å². The van der Waals surface area contributed by atoms with E-state index in [0.717, 1.165) is 5.52 Å². The molecule has 0 aliphatic rings. The van der Waals surface area contributed by atoms with Gasteiger partial charge in [-0.15, -0.1) is 0 Å². The molecule has 2 heterocycles. The number of aromatic nitrogens is 2. The smallest absolute Gasteiger partial charge is 0.257 e. The third-order valence-electron chi connectivity index (χ3n) is 1.97. The van der Waals surface area contributed by atoms with Gasteiger partial charge in [0.25, 0.3) is 5.56 Å². The maximum absolute atomic E-state index is 11.3. The van der Waals surface area contributed by atoms with E-state index in [1.54, 1.807) is 19.4 Å². The largest absolute Gasteiger partial charge is 0.364 e. The molecular weight excluding hydrogens is 168 g/mol. The van der Waals surface area contributed by atoms with E-state index >= 15 is 0 Å². The van der Waals surface area contributed by atoms with E-state index in [-0.39, 0.29) is 5.56 Å². The number of methoxy groups -OCH3 is 1. The van der Waals surface area contributed by atoms with Crippen LogP contribution >= 0.6 is 0 Å². The van der Waals surface area contributed by atoms with Gasteiger partial charge < -0.3 is 14.3 Å². The Hall–Kier alpha value is -1.55. The molecule has 0 unspecified atom stereocenters. The van der Waals surface area contributed by atoms with Gasteiger partial charge in [-0.25, -0.2) is 0 Å². The molecule has 2 aromatic rings. The van der Waals surface area contributed by atoms with Crippen LogP contribution in [0.25, 0.3) is 10.9 Å². The van der Waals surface area contributed by atoms with E-state index < -0.39 is 0 Å². The topological polar surface area (TPSA) is 47.0 Å². The summed E-state index contributed by atoms with van der Waals surface area (Å²) in [5.41, 5.74) is 0.831. The van der Waals surface area contributed by atoms with E-state index in [1.165, 1.54) is 0 Å². The Morgan fingerprint density at radius 2 is 2.38 bits per heavy atom. The lowest BCUT2D eigenvalue weighted by Crippen LogP contribution is -2.05. The fraction of sp³-hybridized carbons (Fsp3) is 0.222. The average molecular weight is 178 g/mol. The van der Waals surface area contributed by atoms with Crippen LogP contribution in [0, 0.1) is 0 Å². The fourth-order valence-electron chi connectivity index (χ4n) is 1.39. The van der Waals surface area contributed by atoms with Crippen LogP contribution in [0.15, 0.2) is 29.3 Å². The molecule has 4 heteroatoms. The second-order valence-corrected chi connectivity index (χ2v) is 2.81. The van der Waals surface area contributed by atoms with Crippen molar-refractivity contribution in [2.45, 2.75) is 6.73 Å². The van der Waals surface area contributed by atoms with Gasteiger partial charge in [-0.05, 0) is 12.1 Å². The quantitative estimate of drug-likeness (QED) is 0.743. The lowest BCUT2D eigenvalue weighted by atomic mass is 10.3. The summed E-state index contributed by atoms with van der Waals surface area (Å²) in [5, 5.41) is 0.694. The molecule has 4 nitrogen and oxygen atoms in total. The number of nitrogens with zero attached hydrogens (tertiary/aromatic N) is 1. The van der Waals surface area contributed by atoms with Gasteiger partial charge in [0.1, 0.15) is 6.73 Å². The van der Waals surface area contributed by atoms with Crippen molar-refractivity contribution in [2.24, 2.45) is 0 Å². The van der Waals surface area contributed by atoms with Crippen LogP contribution in [0.1, 0.15) is 0 Å². The van der Waals surface area contributed by atoms with Gasteiger partial charge in [0, 0.05) is 19.5 Å². The summed E-state index contributed by atoms with van der Waals surface area (Å²) in [6, 6.07) is 3.64. The molecule has 0 aromatic carbocycles. The SMILES string of the molecule is COCn1ccc2c(=O)[nH]ccc21. The van der Waals surface area contributed by atoms with E-state index in [9.17, 15) is 4.79 Å². The number of H-pyrrole nitrogens is 1. The molecule has 0 spiro atoms.